The molecule has 0 bridgehead atoms. The van der Waals surface area contributed by atoms with Crippen LogP contribution in [0.4, 0.5) is 0 Å². The van der Waals surface area contributed by atoms with Gasteiger partial charge in [0.05, 0.1) is 30.2 Å². The van der Waals surface area contributed by atoms with Crippen LogP contribution in [0.2, 0.25) is 6.32 Å². The van der Waals surface area contributed by atoms with Gasteiger partial charge in [-0.15, -0.1) is 0 Å². The highest BCUT2D eigenvalue weighted by Gasteiger charge is 2.56. The maximum absolute atomic E-state index is 12.9. The first-order valence-electron chi connectivity index (χ1n) is 12.2. The summed E-state index contributed by atoms with van der Waals surface area (Å²) in [5.41, 5.74) is 3.19. The molecule has 0 radical (unpaired) electrons. The van der Waals surface area contributed by atoms with Crippen molar-refractivity contribution in [3.8, 4) is 0 Å². The van der Waals surface area contributed by atoms with Crippen LogP contribution in [-0.4, -0.2) is 63.8 Å². The lowest BCUT2D eigenvalue weighted by Gasteiger charge is -2.43. The van der Waals surface area contributed by atoms with Crippen LogP contribution in [0.3, 0.4) is 0 Å². The van der Waals surface area contributed by atoms with Gasteiger partial charge in [-0.1, -0.05) is 6.07 Å². The molecule has 4 heterocycles. The van der Waals surface area contributed by atoms with Crippen molar-refractivity contribution in [1.29, 1.82) is 0 Å². The van der Waals surface area contributed by atoms with Crippen LogP contribution in [0.25, 0.3) is 11.6 Å². The first-order valence-corrected chi connectivity index (χ1v) is 12.2. The average molecular weight is 492 g/mol. The van der Waals surface area contributed by atoms with Crippen LogP contribution in [0.1, 0.15) is 36.5 Å². The summed E-state index contributed by atoms with van der Waals surface area (Å²) >= 11 is 0. The molecule has 0 saturated carbocycles. The molecule has 2 fully saturated rings. The van der Waals surface area contributed by atoms with Crippen LogP contribution in [-0.2, 0) is 20.9 Å². The van der Waals surface area contributed by atoms with Crippen molar-refractivity contribution < 1.29 is 33.9 Å². The zero-order valence-electron chi connectivity index (χ0n) is 20.0. The van der Waals surface area contributed by atoms with E-state index in [0.717, 1.165) is 22.4 Å². The van der Waals surface area contributed by atoms with Crippen LogP contribution >= 0.6 is 0 Å². The zero-order chi connectivity index (χ0) is 25.4. The van der Waals surface area contributed by atoms with E-state index in [0.29, 0.717) is 30.8 Å². The molecule has 0 aromatic carbocycles. The summed E-state index contributed by atoms with van der Waals surface area (Å²) in [7, 11) is 0.422. The molecule has 2 aromatic rings. The molecule has 10 heteroatoms. The van der Waals surface area contributed by atoms with E-state index in [-0.39, 0.29) is 37.3 Å². The molecule has 0 spiro atoms. The van der Waals surface area contributed by atoms with Crippen LogP contribution in [0.15, 0.2) is 52.1 Å². The maximum Gasteiger partial charge on any atom is 0.455 e. The number of nitrogens with zero attached hydrogens (tertiary/aromatic N) is 2. The van der Waals surface area contributed by atoms with Gasteiger partial charge in [-0.3, -0.25) is 19.5 Å². The minimum absolute atomic E-state index is 0.196. The average Bonchev–Trinajstić information content (AvgIpc) is 3.44. The van der Waals surface area contributed by atoms with Gasteiger partial charge >= 0.3 is 7.12 Å². The Balaban J connectivity index is 1.45. The van der Waals surface area contributed by atoms with Crippen molar-refractivity contribution in [3.05, 3.63) is 64.9 Å². The van der Waals surface area contributed by atoms with E-state index in [1.165, 1.54) is 11.9 Å². The summed E-state index contributed by atoms with van der Waals surface area (Å²) in [5.74, 6) is -0.833. The lowest BCUT2D eigenvalue weighted by atomic mass is 9.58. The van der Waals surface area contributed by atoms with Crippen LogP contribution in [0.5, 0.6) is 0 Å². The predicted octanol–water partition coefficient (Wildman–Crippen LogP) is 1.91. The summed E-state index contributed by atoms with van der Waals surface area (Å²) in [6, 6.07) is 9.10. The van der Waals surface area contributed by atoms with E-state index in [1.54, 1.807) is 18.3 Å². The third-order valence-electron chi connectivity index (χ3n) is 7.54. The second kappa shape index (κ2) is 10.1. The number of aromatic nitrogens is 1. The van der Waals surface area contributed by atoms with Gasteiger partial charge in [0.15, 0.2) is 0 Å². The fourth-order valence-electron chi connectivity index (χ4n) is 5.91. The second-order valence-electron chi connectivity index (χ2n) is 9.60. The number of amides is 2. The van der Waals surface area contributed by atoms with Crippen molar-refractivity contribution in [2.24, 2.45) is 17.8 Å². The number of hydrogen-bond acceptors (Lipinski definition) is 8. The van der Waals surface area contributed by atoms with E-state index in [1.807, 2.05) is 24.3 Å². The first kappa shape index (κ1) is 24.6. The number of pyridine rings is 1. The van der Waals surface area contributed by atoms with E-state index in [9.17, 15) is 24.8 Å². The number of carbonyl (C=O) groups excluding carboxylic acids is 2. The van der Waals surface area contributed by atoms with E-state index in [4.69, 9.17) is 9.07 Å². The number of aliphatic hydroxyl groups excluding tert-OH is 2. The van der Waals surface area contributed by atoms with Crippen LogP contribution in [0, 0.1) is 17.8 Å². The van der Waals surface area contributed by atoms with E-state index >= 15 is 0 Å². The number of fused-ring (bicyclic) bond motifs is 3. The van der Waals surface area contributed by atoms with Crippen molar-refractivity contribution >= 4 is 30.6 Å². The molecule has 3 aliphatic rings. The number of likely N-dealkylation sites (tertiary alicyclic amines) is 1. The third-order valence-corrected chi connectivity index (χ3v) is 7.54. The van der Waals surface area contributed by atoms with Gasteiger partial charge in [-0.25, -0.2) is 0 Å². The fourth-order valence-corrected chi connectivity index (χ4v) is 5.91. The smallest absolute Gasteiger partial charge is 0.455 e. The Morgan fingerprint density at radius 2 is 2.00 bits per heavy atom. The molecule has 1 aliphatic carbocycles. The minimum atomic E-state index is -1.07. The predicted molar refractivity (Wildman–Crippen MR) is 131 cm³/mol. The largest absolute Gasteiger partial charge is 0.459 e. The van der Waals surface area contributed by atoms with Gasteiger partial charge in [0.1, 0.15) is 18.1 Å². The molecule has 188 valence electrons. The number of allylic oxidation sites excluding steroid dienone is 1. The highest BCUT2D eigenvalue weighted by molar-refractivity contribution is 6.43. The Hall–Kier alpha value is -3.05. The molecule has 9 nitrogen and oxygen atoms in total. The van der Waals surface area contributed by atoms with Gasteiger partial charge in [-0.2, -0.15) is 0 Å². The second-order valence-corrected chi connectivity index (χ2v) is 9.60. The quantitative estimate of drug-likeness (QED) is 0.303. The molecule has 3 N–H and O–H groups in total. The SMILES string of the molecule is CN1C(=O)[C@@H]2[C@@H](CC(CO)=C3[C@@H](CC/C(=C/c4ccc(CO)o4)c4ccccn4)OB(O)C[C@@H]32)C1=O. The Morgan fingerprint density at radius 3 is 2.69 bits per heavy atom. The Morgan fingerprint density at radius 1 is 1.17 bits per heavy atom. The Labute approximate surface area is 209 Å². The molecular weight excluding hydrogens is 463 g/mol. The van der Waals surface area contributed by atoms with Crippen LogP contribution < -0.4 is 0 Å². The number of aliphatic hydroxyl groups is 2. The molecule has 36 heavy (non-hydrogen) atoms. The van der Waals surface area contributed by atoms with Gasteiger partial charge in [0, 0.05) is 13.2 Å². The lowest BCUT2D eigenvalue weighted by Crippen LogP contribution is -2.46. The topological polar surface area (TPSA) is 133 Å². The normalized spacial score (nSPS) is 26.5. The van der Waals surface area contributed by atoms with Crippen molar-refractivity contribution in [2.45, 2.75) is 38.3 Å². The maximum atomic E-state index is 12.9. The zero-order valence-corrected chi connectivity index (χ0v) is 20.0. The molecule has 2 amide bonds. The molecule has 2 aromatic heterocycles. The molecule has 2 saturated heterocycles. The summed E-state index contributed by atoms with van der Waals surface area (Å²) in [5, 5.41) is 30.1. The number of furan rings is 1. The van der Waals surface area contributed by atoms with Gasteiger partial charge in [-0.05, 0) is 78.6 Å². The van der Waals surface area contributed by atoms with E-state index < -0.39 is 25.1 Å². The Bertz CT molecular complexity index is 1210. The lowest BCUT2D eigenvalue weighted by molar-refractivity contribution is -0.138. The highest BCUT2D eigenvalue weighted by Crippen LogP contribution is 2.50. The summed E-state index contributed by atoms with van der Waals surface area (Å²) in [6.45, 7) is -0.423. The van der Waals surface area contributed by atoms with Gasteiger partial charge in [0.25, 0.3) is 0 Å². The summed E-state index contributed by atoms with van der Waals surface area (Å²) < 4.78 is 11.6. The summed E-state index contributed by atoms with van der Waals surface area (Å²) in [6.07, 6.45) is 4.56. The number of imide groups is 1. The fraction of sp³-hybridized carbons (Fsp3) is 0.423. The molecule has 2 aliphatic heterocycles. The standard InChI is InChI=1S/C26H29BN2O7/c1-29-25(32)19-11-16(13-30)23-20(24(19)26(29)33)12-27(34)36-22(23)8-5-15(21-4-2-3-9-28-21)10-17-6-7-18(14-31)35-17/h2-4,6-7,9-10,19-20,22,24,30-31,34H,5,8,11-14H2,1H3/b15-10-/t19-,20+,22-,24-/m1/s1. The van der Waals surface area contributed by atoms with Gasteiger partial charge in [0.2, 0.25) is 11.8 Å². The molecule has 0 unspecified atom stereocenters. The summed E-state index contributed by atoms with van der Waals surface area (Å²) in [4.78, 5) is 31.3. The molecule has 4 atom stereocenters. The van der Waals surface area contributed by atoms with Crippen molar-refractivity contribution in [1.82, 2.24) is 9.88 Å². The third kappa shape index (κ3) is 4.46. The minimum Gasteiger partial charge on any atom is -0.459 e. The van der Waals surface area contributed by atoms with E-state index in [2.05, 4.69) is 4.98 Å². The van der Waals surface area contributed by atoms with Crippen molar-refractivity contribution in [2.75, 3.05) is 13.7 Å². The molecule has 5 rings (SSSR count). The number of rotatable bonds is 7. The number of hydrogen-bond donors (Lipinski definition) is 3. The highest BCUT2D eigenvalue weighted by atomic mass is 16.5. The number of carbonyl (C=O) groups is 2. The van der Waals surface area contributed by atoms with Gasteiger partial charge < -0.3 is 24.3 Å². The monoisotopic (exact) mass is 492 g/mol. The van der Waals surface area contributed by atoms with Crippen molar-refractivity contribution in [3.63, 3.8) is 0 Å². The molecular formula is C26H29BN2O7. The Kier molecular flexibility index (Phi) is 6.94. The first-order chi connectivity index (χ1) is 17.4.